The lowest BCUT2D eigenvalue weighted by molar-refractivity contribution is -0.130. The van der Waals surface area contributed by atoms with Gasteiger partial charge in [0.2, 0.25) is 5.91 Å². The molecule has 2 aliphatic rings. The molecule has 1 aliphatic carbocycles. The molecule has 2 fully saturated rings. The first-order chi connectivity index (χ1) is 9.15. The lowest BCUT2D eigenvalue weighted by Gasteiger charge is -2.33. The highest BCUT2D eigenvalue weighted by atomic mass is 16.2. The summed E-state index contributed by atoms with van der Waals surface area (Å²) in [5.41, 5.74) is 2.45. The van der Waals surface area contributed by atoms with E-state index >= 15 is 0 Å². The summed E-state index contributed by atoms with van der Waals surface area (Å²) >= 11 is 0. The van der Waals surface area contributed by atoms with Gasteiger partial charge in [-0.05, 0) is 38.2 Å². The molecule has 3 nitrogen and oxygen atoms in total. The van der Waals surface area contributed by atoms with Crippen LogP contribution in [0.5, 0.6) is 0 Å². The van der Waals surface area contributed by atoms with E-state index in [9.17, 15) is 4.79 Å². The van der Waals surface area contributed by atoms with Gasteiger partial charge < -0.3 is 4.90 Å². The van der Waals surface area contributed by atoms with Crippen LogP contribution in [0, 0.1) is 12.8 Å². The van der Waals surface area contributed by atoms with Crippen LogP contribution in [-0.2, 0) is 4.79 Å². The quantitative estimate of drug-likeness (QED) is 0.904. The molecule has 3 rings (SSSR count). The second-order valence-electron chi connectivity index (χ2n) is 5.99. The monoisotopic (exact) mass is 258 g/mol. The molecular weight excluding hydrogens is 236 g/mol. The summed E-state index contributed by atoms with van der Waals surface area (Å²) in [4.78, 5) is 14.4. The molecule has 0 bridgehead atoms. The summed E-state index contributed by atoms with van der Waals surface area (Å²) in [5.74, 6) is 0.960. The Morgan fingerprint density at radius 1 is 1.37 bits per heavy atom. The van der Waals surface area contributed by atoms with Crippen molar-refractivity contribution in [2.45, 2.75) is 45.3 Å². The van der Waals surface area contributed by atoms with Gasteiger partial charge in [-0.1, -0.05) is 36.2 Å². The zero-order valence-corrected chi connectivity index (χ0v) is 11.7. The van der Waals surface area contributed by atoms with Gasteiger partial charge in [-0.3, -0.25) is 10.1 Å². The van der Waals surface area contributed by atoms with Crippen LogP contribution < -0.4 is 5.32 Å². The molecule has 1 N–H and O–H groups in total. The lowest BCUT2D eigenvalue weighted by Crippen LogP contribution is -2.37. The molecule has 102 valence electrons. The molecule has 1 saturated heterocycles. The zero-order valence-electron chi connectivity index (χ0n) is 11.7. The van der Waals surface area contributed by atoms with Crippen LogP contribution in [0.25, 0.3) is 0 Å². The first kappa shape index (κ1) is 12.7. The number of amides is 1. The van der Waals surface area contributed by atoms with Crippen molar-refractivity contribution in [3.63, 3.8) is 0 Å². The Bertz CT molecular complexity index is 481. The predicted molar refractivity (Wildman–Crippen MR) is 75.6 cm³/mol. The summed E-state index contributed by atoms with van der Waals surface area (Å²) < 4.78 is 0. The molecule has 1 amide bonds. The minimum Gasteiger partial charge on any atom is -0.321 e. The molecular formula is C16H22N2O. The van der Waals surface area contributed by atoms with E-state index in [4.69, 9.17) is 0 Å². The van der Waals surface area contributed by atoms with Crippen LogP contribution in [0.4, 0.5) is 0 Å². The van der Waals surface area contributed by atoms with Crippen LogP contribution in [0.2, 0.25) is 0 Å². The number of benzene rings is 1. The van der Waals surface area contributed by atoms with Crippen LogP contribution >= 0.6 is 0 Å². The smallest absolute Gasteiger partial charge is 0.241 e. The predicted octanol–water partition coefficient (Wildman–Crippen LogP) is 2.61. The third-order valence-corrected chi connectivity index (χ3v) is 4.41. The molecule has 19 heavy (non-hydrogen) atoms. The maximum Gasteiger partial charge on any atom is 0.241 e. The van der Waals surface area contributed by atoms with E-state index < -0.39 is 0 Å². The fraction of sp³-hybridized carbons (Fsp3) is 0.562. The van der Waals surface area contributed by atoms with Crippen molar-refractivity contribution in [2.75, 3.05) is 6.54 Å². The Kier molecular flexibility index (Phi) is 3.31. The average Bonchev–Trinajstić information content (AvgIpc) is 2.61. The fourth-order valence-electron chi connectivity index (χ4n) is 3.04. The molecule has 3 heteroatoms. The van der Waals surface area contributed by atoms with Gasteiger partial charge >= 0.3 is 0 Å². The maximum atomic E-state index is 12.3. The number of aryl methyl sites for hydroxylation is 1. The fourth-order valence-corrected chi connectivity index (χ4v) is 3.04. The molecule has 1 saturated carbocycles. The molecule has 2 unspecified atom stereocenters. The second kappa shape index (κ2) is 4.97. The van der Waals surface area contributed by atoms with Crippen molar-refractivity contribution >= 4 is 5.91 Å². The Morgan fingerprint density at radius 2 is 2.16 bits per heavy atom. The van der Waals surface area contributed by atoms with E-state index in [-0.39, 0.29) is 18.1 Å². The van der Waals surface area contributed by atoms with E-state index in [2.05, 4.69) is 36.5 Å². The Hall–Kier alpha value is -1.35. The van der Waals surface area contributed by atoms with E-state index in [1.807, 2.05) is 11.8 Å². The Labute approximate surface area is 115 Å². The van der Waals surface area contributed by atoms with Gasteiger partial charge in [-0.25, -0.2) is 0 Å². The summed E-state index contributed by atoms with van der Waals surface area (Å²) in [6, 6.07) is 8.40. The van der Waals surface area contributed by atoms with E-state index in [1.165, 1.54) is 30.4 Å². The van der Waals surface area contributed by atoms with Crippen molar-refractivity contribution in [1.29, 1.82) is 0 Å². The highest BCUT2D eigenvalue weighted by Crippen LogP contribution is 2.32. The summed E-state index contributed by atoms with van der Waals surface area (Å²) in [6.45, 7) is 4.97. The molecule has 2 atom stereocenters. The van der Waals surface area contributed by atoms with Crippen molar-refractivity contribution in [1.82, 2.24) is 10.2 Å². The van der Waals surface area contributed by atoms with E-state index in [0.717, 1.165) is 6.54 Å². The number of nitrogens with zero attached hydrogens (tertiary/aromatic N) is 1. The summed E-state index contributed by atoms with van der Waals surface area (Å²) in [5, 5.41) is 3.43. The number of nitrogens with one attached hydrogen (secondary N) is 1. The summed E-state index contributed by atoms with van der Waals surface area (Å²) in [6.07, 6.45) is 3.94. The number of carbonyl (C=O) groups excluding carboxylic acids is 1. The highest BCUT2D eigenvalue weighted by Gasteiger charge is 2.38. The standard InChI is InChI=1S/C16H22N2O/c1-11-5-3-8-14(9-11)15-17-12(2)16(19)18(15)10-13-6-4-7-13/h3,5,8-9,12-13,15,17H,4,6-7,10H2,1-2H3. The molecule has 1 aromatic carbocycles. The van der Waals surface area contributed by atoms with E-state index in [1.54, 1.807) is 0 Å². The van der Waals surface area contributed by atoms with Crippen molar-refractivity contribution in [2.24, 2.45) is 5.92 Å². The van der Waals surface area contributed by atoms with Crippen molar-refractivity contribution in [3.05, 3.63) is 35.4 Å². The minimum absolute atomic E-state index is 0.0583. The number of rotatable bonds is 3. The number of carbonyl (C=O) groups is 1. The first-order valence-corrected chi connectivity index (χ1v) is 7.28. The van der Waals surface area contributed by atoms with Crippen LogP contribution in [0.3, 0.4) is 0 Å². The maximum absolute atomic E-state index is 12.3. The number of hydrogen-bond donors (Lipinski definition) is 1. The molecule has 0 spiro atoms. The van der Waals surface area contributed by atoms with Gasteiger partial charge in [0.25, 0.3) is 0 Å². The van der Waals surface area contributed by atoms with Gasteiger partial charge in [0.15, 0.2) is 0 Å². The van der Waals surface area contributed by atoms with Gasteiger partial charge in [-0.2, -0.15) is 0 Å². The lowest BCUT2D eigenvalue weighted by atomic mass is 9.85. The third kappa shape index (κ3) is 2.39. The molecule has 0 radical (unpaired) electrons. The van der Waals surface area contributed by atoms with Gasteiger partial charge in [0.1, 0.15) is 6.17 Å². The Morgan fingerprint density at radius 3 is 2.79 bits per heavy atom. The Balaban J connectivity index is 1.83. The summed E-state index contributed by atoms with van der Waals surface area (Å²) in [7, 11) is 0. The highest BCUT2D eigenvalue weighted by molar-refractivity contribution is 5.84. The number of hydrogen-bond acceptors (Lipinski definition) is 2. The van der Waals surface area contributed by atoms with E-state index in [0.29, 0.717) is 5.92 Å². The molecule has 1 aliphatic heterocycles. The normalized spacial score (nSPS) is 27.7. The van der Waals surface area contributed by atoms with Crippen LogP contribution in [0.1, 0.15) is 43.5 Å². The van der Waals surface area contributed by atoms with Crippen molar-refractivity contribution < 1.29 is 4.79 Å². The topological polar surface area (TPSA) is 32.3 Å². The SMILES string of the molecule is Cc1cccc(C2NC(C)C(=O)N2CC2CCC2)c1. The molecule has 1 aromatic rings. The van der Waals surface area contributed by atoms with Gasteiger partial charge in [0, 0.05) is 6.54 Å². The van der Waals surface area contributed by atoms with Crippen molar-refractivity contribution in [3.8, 4) is 0 Å². The minimum atomic E-state index is -0.0643. The molecule has 0 aromatic heterocycles. The van der Waals surface area contributed by atoms with Gasteiger partial charge in [0.05, 0.1) is 6.04 Å². The zero-order chi connectivity index (χ0) is 13.4. The average molecular weight is 258 g/mol. The second-order valence-corrected chi connectivity index (χ2v) is 5.99. The third-order valence-electron chi connectivity index (χ3n) is 4.41. The van der Waals surface area contributed by atoms with Crippen LogP contribution in [0.15, 0.2) is 24.3 Å². The molecule has 1 heterocycles. The largest absolute Gasteiger partial charge is 0.321 e. The van der Waals surface area contributed by atoms with Crippen LogP contribution in [-0.4, -0.2) is 23.4 Å². The van der Waals surface area contributed by atoms with Gasteiger partial charge in [-0.15, -0.1) is 0 Å². The first-order valence-electron chi connectivity index (χ1n) is 7.28.